The monoisotopic (exact) mass is 285 g/mol. The van der Waals surface area contributed by atoms with Gasteiger partial charge < -0.3 is 15.2 Å². The number of amides is 1. The minimum Gasteiger partial charge on any atom is -0.508 e. The van der Waals surface area contributed by atoms with E-state index >= 15 is 0 Å². The molecule has 2 aromatic rings. The van der Waals surface area contributed by atoms with E-state index in [1.807, 2.05) is 42.5 Å². The topological polar surface area (TPSA) is 58.6 Å². The summed E-state index contributed by atoms with van der Waals surface area (Å²) in [5.74, 6) is 0.839. The van der Waals surface area contributed by atoms with E-state index in [1.165, 1.54) is 0 Å². The molecule has 0 aliphatic rings. The summed E-state index contributed by atoms with van der Waals surface area (Å²) in [7, 11) is 0. The molecule has 0 aliphatic carbocycles. The summed E-state index contributed by atoms with van der Waals surface area (Å²) in [6, 6.07) is 16.4. The largest absolute Gasteiger partial charge is 0.508 e. The van der Waals surface area contributed by atoms with Crippen molar-refractivity contribution >= 4 is 5.91 Å². The van der Waals surface area contributed by atoms with E-state index < -0.39 is 0 Å². The highest BCUT2D eigenvalue weighted by molar-refractivity contribution is 5.77. The second-order valence-corrected chi connectivity index (χ2v) is 4.72. The van der Waals surface area contributed by atoms with Crippen LogP contribution in [0.2, 0.25) is 0 Å². The Bertz CT molecular complexity index is 552. The smallest absolute Gasteiger partial charge is 0.257 e. The van der Waals surface area contributed by atoms with Crippen LogP contribution in [0.3, 0.4) is 0 Å². The predicted octanol–water partition coefficient (Wildman–Crippen LogP) is 2.52. The van der Waals surface area contributed by atoms with Gasteiger partial charge in [-0.2, -0.15) is 0 Å². The average Bonchev–Trinajstić information content (AvgIpc) is 2.52. The number of carbonyl (C=O) groups is 1. The van der Waals surface area contributed by atoms with Gasteiger partial charge in [0, 0.05) is 6.54 Å². The number of carbonyl (C=O) groups excluding carboxylic acids is 1. The molecule has 0 radical (unpaired) electrons. The van der Waals surface area contributed by atoms with Crippen molar-refractivity contribution in [2.75, 3.05) is 13.2 Å². The van der Waals surface area contributed by atoms with Crippen molar-refractivity contribution in [3.05, 3.63) is 60.2 Å². The summed E-state index contributed by atoms with van der Waals surface area (Å²) in [5, 5.41) is 12.0. The number of aryl methyl sites for hydroxylation is 1. The van der Waals surface area contributed by atoms with E-state index in [1.54, 1.807) is 12.1 Å². The standard InChI is InChI=1S/C17H19NO3/c19-15-10-8-14(9-11-15)5-4-12-18-17(20)13-21-16-6-2-1-3-7-16/h1-3,6-11,19H,4-5,12-13H2,(H,18,20). The fraction of sp³-hybridized carbons (Fsp3) is 0.235. The molecule has 0 atom stereocenters. The van der Waals surface area contributed by atoms with Gasteiger partial charge in [0.05, 0.1) is 0 Å². The molecule has 0 heterocycles. The molecule has 0 spiro atoms. The summed E-state index contributed by atoms with van der Waals surface area (Å²) in [6.07, 6.45) is 1.71. The van der Waals surface area contributed by atoms with Crippen LogP contribution in [0, 0.1) is 0 Å². The van der Waals surface area contributed by atoms with Gasteiger partial charge in [-0.3, -0.25) is 4.79 Å². The van der Waals surface area contributed by atoms with Gasteiger partial charge in [0.2, 0.25) is 0 Å². The molecule has 0 bridgehead atoms. The highest BCUT2D eigenvalue weighted by Gasteiger charge is 2.02. The molecule has 0 saturated heterocycles. The number of phenols is 1. The van der Waals surface area contributed by atoms with E-state index in [0.717, 1.165) is 18.4 Å². The summed E-state index contributed by atoms with van der Waals surface area (Å²) < 4.78 is 5.36. The highest BCUT2D eigenvalue weighted by Crippen LogP contribution is 2.11. The molecule has 2 aromatic carbocycles. The molecule has 0 aliphatic heterocycles. The number of benzene rings is 2. The van der Waals surface area contributed by atoms with Crippen LogP contribution < -0.4 is 10.1 Å². The minimum atomic E-state index is -0.121. The number of phenolic OH excluding ortho intramolecular Hbond substituents is 1. The zero-order valence-corrected chi connectivity index (χ0v) is 11.8. The van der Waals surface area contributed by atoms with Crippen molar-refractivity contribution in [1.82, 2.24) is 5.32 Å². The number of nitrogens with one attached hydrogen (secondary N) is 1. The Balaban J connectivity index is 1.60. The second kappa shape index (κ2) is 7.94. The van der Waals surface area contributed by atoms with E-state index in [-0.39, 0.29) is 18.3 Å². The third-order valence-electron chi connectivity index (χ3n) is 3.01. The van der Waals surface area contributed by atoms with Gasteiger partial charge in [-0.15, -0.1) is 0 Å². The lowest BCUT2D eigenvalue weighted by Crippen LogP contribution is -2.29. The first-order valence-electron chi connectivity index (χ1n) is 6.96. The molecule has 0 saturated carbocycles. The minimum absolute atomic E-state index is 0.0310. The van der Waals surface area contributed by atoms with Crippen LogP contribution in [0.1, 0.15) is 12.0 Å². The van der Waals surface area contributed by atoms with Crippen LogP contribution in [0.4, 0.5) is 0 Å². The van der Waals surface area contributed by atoms with Crippen molar-refractivity contribution in [2.45, 2.75) is 12.8 Å². The lowest BCUT2D eigenvalue weighted by molar-refractivity contribution is -0.123. The molecule has 1 amide bonds. The van der Waals surface area contributed by atoms with Crippen molar-refractivity contribution in [3.8, 4) is 11.5 Å². The van der Waals surface area contributed by atoms with E-state index in [9.17, 15) is 9.90 Å². The van der Waals surface area contributed by atoms with Crippen molar-refractivity contribution in [3.63, 3.8) is 0 Å². The average molecular weight is 285 g/mol. The maximum Gasteiger partial charge on any atom is 0.257 e. The van der Waals surface area contributed by atoms with Gasteiger partial charge in [-0.25, -0.2) is 0 Å². The number of para-hydroxylation sites is 1. The first kappa shape index (κ1) is 14.9. The van der Waals surface area contributed by atoms with Gasteiger partial charge in [-0.05, 0) is 42.7 Å². The van der Waals surface area contributed by atoms with E-state index in [0.29, 0.717) is 12.3 Å². The SMILES string of the molecule is O=C(COc1ccccc1)NCCCc1ccc(O)cc1. The Hall–Kier alpha value is -2.49. The van der Waals surface area contributed by atoms with Gasteiger partial charge in [0.15, 0.2) is 6.61 Å². The summed E-state index contributed by atoms with van der Waals surface area (Å²) >= 11 is 0. The normalized spacial score (nSPS) is 10.1. The summed E-state index contributed by atoms with van der Waals surface area (Å²) in [5.41, 5.74) is 1.14. The fourth-order valence-corrected chi connectivity index (χ4v) is 1.90. The van der Waals surface area contributed by atoms with Crippen LogP contribution >= 0.6 is 0 Å². The quantitative estimate of drug-likeness (QED) is 0.769. The van der Waals surface area contributed by atoms with Gasteiger partial charge in [0.1, 0.15) is 11.5 Å². The zero-order chi connectivity index (χ0) is 14.9. The van der Waals surface area contributed by atoms with Crippen molar-refractivity contribution in [2.24, 2.45) is 0 Å². The summed E-state index contributed by atoms with van der Waals surface area (Å²) in [4.78, 5) is 11.6. The Kier molecular flexibility index (Phi) is 5.64. The summed E-state index contributed by atoms with van der Waals surface area (Å²) in [6.45, 7) is 0.640. The molecule has 110 valence electrons. The molecule has 0 fully saturated rings. The Morgan fingerprint density at radius 2 is 1.76 bits per heavy atom. The first-order chi connectivity index (χ1) is 10.2. The lowest BCUT2D eigenvalue weighted by Gasteiger charge is -2.07. The molecular weight excluding hydrogens is 266 g/mol. The van der Waals surface area contributed by atoms with Crippen molar-refractivity contribution < 1.29 is 14.6 Å². The molecule has 2 N–H and O–H groups in total. The maximum absolute atomic E-state index is 11.6. The molecule has 4 heteroatoms. The third kappa shape index (κ3) is 5.57. The predicted molar refractivity (Wildman–Crippen MR) is 81.4 cm³/mol. The highest BCUT2D eigenvalue weighted by atomic mass is 16.5. The van der Waals surface area contributed by atoms with E-state index in [4.69, 9.17) is 4.74 Å². The van der Waals surface area contributed by atoms with Gasteiger partial charge >= 0.3 is 0 Å². The van der Waals surface area contributed by atoms with Crippen molar-refractivity contribution in [1.29, 1.82) is 0 Å². The Morgan fingerprint density at radius 3 is 2.48 bits per heavy atom. The third-order valence-corrected chi connectivity index (χ3v) is 3.01. The van der Waals surface area contributed by atoms with Crippen LogP contribution in [0.5, 0.6) is 11.5 Å². The van der Waals surface area contributed by atoms with Gasteiger partial charge in [0.25, 0.3) is 5.91 Å². The number of aromatic hydroxyl groups is 1. The molecule has 0 aromatic heterocycles. The lowest BCUT2D eigenvalue weighted by atomic mass is 10.1. The van der Waals surface area contributed by atoms with Crippen LogP contribution in [-0.2, 0) is 11.2 Å². The first-order valence-corrected chi connectivity index (χ1v) is 6.96. The van der Waals surface area contributed by atoms with Gasteiger partial charge in [-0.1, -0.05) is 30.3 Å². The number of hydrogen-bond acceptors (Lipinski definition) is 3. The molecule has 0 unspecified atom stereocenters. The van der Waals surface area contributed by atoms with Crippen LogP contribution in [0.25, 0.3) is 0 Å². The van der Waals surface area contributed by atoms with Crippen LogP contribution in [-0.4, -0.2) is 24.2 Å². The fourth-order valence-electron chi connectivity index (χ4n) is 1.90. The second-order valence-electron chi connectivity index (χ2n) is 4.72. The zero-order valence-electron chi connectivity index (χ0n) is 11.8. The number of hydrogen-bond donors (Lipinski definition) is 2. The van der Waals surface area contributed by atoms with Crippen LogP contribution in [0.15, 0.2) is 54.6 Å². The molecular formula is C17H19NO3. The number of ether oxygens (including phenoxy) is 1. The molecule has 4 nitrogen and oxygen atoms in total. The molecule has 21 heavy (non-hydrogen) atoms. The maximum atomic E-state index is 11.6. The van der Waals surface area contributed by atoms with E-state index in [2.05, 4.69) is 5.32 Å². The Labute approximate surface area is 124 Å². The molecule has 2 rings (SSSR count). The number of rotatable bonds is 7. The Morgan fingerprint density at radius 1 is 1.05 bits per heavy atom.